The third-order valence-corrected chi connectivity index (χ3v) is 6.97. The highest BCUT2D eigenvalue weighted by Gasteiger charge is 2.16. The standard InChI is InChI=1S/C29H24ClNO4S/c1-18-4-13-25(17-27(18)35-3)36-26-15-20(14-21(16-26)29(33)34)28(32)19-5-9-23(10-6-19)31(2)24-11-7-22(30)8-12-24/h4-17H,1-3H3,(H,33,34). The van der Waals surface area contributed by atoms with Gasteiger partial charge in [-0.1, -0.05) is 29.4 Å². The number of ketones is 1. The maximum absolute atomic E-state index is 13.3. The van der Waals surface area contributed by atoms with Gasteiger partial charge in [-0.05, 0) is 91.3 Å². The lowest BCUT2D eigenvalue weighted by Gasteiger charge is -2.19. The van der Waals surface area contributed by atoms with E-state index in [4.69, 9.17) is 16.3 Å². The molecule has 182 valence electrons. The van der Waals surface area contributed by atoms with Gasteiger partial charge in [-0.2, -0.15) is 0 Å². The van der Waals surface area contributed by atoms with Crippen LogP contribution in [0, 0.1) is 6.92 Å². The van der Waals surface area contributed by atoms with Gasteiger partial charge in [-0.25, -0.2) is 4.79 Å². The minimum atomic E-state index is -1.09. The summed E-state index contributed by atoms with van der Waals surface area (Å²) in [6.07, 6.45) is 0. The van der Waals surface area contributed by atoms with Crippen LogP contribution in [-0.2, 0) is 0 Å². The monoisotopic (exact) mass is 517 g/mol. The molecule has 0 aliphatic rings. The molecule has 0 bridgehead atoms. The number of carbonyl (C=O) groups is 2. The summed E-state index contributed by atoms with van der Waals surface area (Å²) in [5.41, 5.74) is 3.71. The molecular weight excluding hydrogens is 494 g/mol. The zero-order valence-electron chi connectivity index (χ0n) is 20.0. The van der Waals surface area contributed by atoms with Crippen molar-refractivity contribution >= 4 is 46.5 Å². The maximum Gasteiger partial charge on any atom is 0.335 e. The molecule has 5 nitrogen and oxygen atoms in total. The van der Waals surface area contributed by atoms with E-state index < -0.39 is 5.97 Å². The SMILES string of the molecule is COc1cc(Sc2cc(C(=O)O)cc(C(=O)c3ccc(N(C)c4ccc(Cl)cc4)cc3)c2)ccc1C. The molecule has 0 amide bonds. The minimum Gasteiger partial charge on any atom is -0.496 e. The number of hydrogen-bond donors (Lipinski definition) is 1. The van der Waals surface area contributed by atoms with Gasteiger partial charge in [0.2, 0.25) is 0 Å². The highest BCUT2D eigenvalue weighted by Crippen LogP contribution is 2.33. The molecule has 0 aliphatic carbocycles. The fourth-order valence-corrected chi connectivity index (χ4v) is 4.80. The number of carboxylic acids is 1. The average Bonchev–Trinajstić information content (AvgIpc) is 2.89. The summed E-state index contributed by atoms with van der Waals surface area (Å²) < 4.78 is 5.39. The molecule has 0 aromatic heterocycles. The van der Waals surface area contributed by atoms with Crippen LogP contribution in [0.5, 0.6) is 5.75 Å². The van der Waals surface area contributed by atoms with E-state index >= 15 is 0 Å². The normalized spacial score (nSPS) is 10.7. The topological polar surface area (TPSA) is 66.8 Å². The average molecular weight is 518 g/mol. The van der Waals surface area contributed by atoms with Crippen LogP contribution in [-0.4, -0.2) is 31.0 Å². The van der Waals surface area contributed by atoms with E-state index in [2.05, 4.69) is 0 Å². The van der Waals surface area contributed by atoms with E-state index in [1.54, 1.807) is 31.4 Å². The lowest BCUT2D eigenvalue weighted by molar-refractivity contribution is 0.0696. The second-order valence-electron chi connectivity index (χ2n) is 8.20. The Morgan fingerprint density at radius 3 is 2.03 bits per heavy atom. The van der Waals surface area contributed by atoms with E-state index in [9.17, 15) is 14.7 Å². The molecule has 0 heterocycles. The molecule has 0 unspecified atom stereocenters. The van der Waals surface area contributed by atoms with Crippen LogP contribution in [0.1, 0.15) is 31.8 Å². The molecule has 1 N–H and O–H groups in total. The largest absolute Gasteiger partial charge is 0.496 e. The molecule has 0 saturated carbocycles. The predicted molar refractivity (Wildman–Crippen MR) is 145 cm³/mol. The van der Waals surface area contributed by atoms with Crippen molar-refractivity contribution in [1.82, 2.24) is 0 Å². The quantitative estimate of drug-likeness (QED) is 0.244. The fourth-order valence-electron chi connectivity index (χ4n) is 3.73. The van der Waals surface area contributed by atoms with E-state index in [1.165, 1.54) is 17.8 Å². The molecule has 0 spiro atoms. The van der Waals surface area contributed by atoms with Gasteiger partial charge in [0.25, 0.3) is 0 Å². The molecule has 0 fully saturated rings. The molecule has 4 aromatic carbocycles. The number of hydrogen-bond acceptors (Lipinski definition) is 5. The van der Waals surface area contributed by atoms with Crippen molar-refractivity contribution in [2.75, 3.05) is 19.1 Å². The Bertz CT molecular complexity index is 1420. The van der Waals surface area contributed by atoms with E-state index in [0.29, 0.717) is 21.0 Å². The summed E-state index contributed by atoms with van der Waals surface area (Å²) in [4.78, 5) is 28.6. The van der Waals surface area contributed by atoms with Crippen LogP contribution in [0.25, 0.3) is 0 Å². The van der Waals surface area contributed by atoms with Gasteiger partial charge in [-0.3, -0.25) is 4.79 Å². The number of aromatic carboxylic acids is 1. The van der Waals surface area contributed by atoms with Crippen LogP contribution in [0.4, 0.5) is 11.4 Å². The molecule has 4 aromatic rings. The molecule has 36 heavy (non-hydrogen) atoms. The summed E-state index contributed by atoms with van der Waals surface area (Å²) in [6, 6.07) is 25.2. The van der Waals surface area contributed by atoms with Crippen molar-refractivity contribution in [2.24, 2.45) is 0 Å². The molecule has 0 aliphatic heterocycles. The minimum absolute atomic E-state index is 0.0570. The molecular formula is C29H24ClNO4S. The molecule has 0 radical (unpaired) electrons. The number of anilines is 2. The number of rotatable bonds is 8. The van der Waals surface area contributed by atoms with Gasteiger partial charge in [0.05, 0.1) is 12.7 Å². The van der Waals surface area contributed by atoms with Crippen molar-refractivity contribution in [2.45, 2.75) is 16.7 Å². The van der Waals surface area contributed by atoms with Crippen molar-refractivity contribution in [3.05, 3.63) is 112 Å². The highest BCUT2D eigenvalue weighted by molar-refractivity contribution is 7.99. The van der Waals surface area contributed by atoms with Gasteiger partial charge in [-0.15, -0.1) is 0 Å². The lowest BCUT2D eigenvalue weighted by Crippen LogP contribution is -2.10. The Morgan fingerprint density at radius 1 is 0.806 bits per heavy atom. The van der Waals surface area contributed by atoms with Crippen molar-refractivity contribution in [1.29, 1.82) is 0 Å². The summed E-state index contributed by atoms with van der Waals surface area (Å²) in [7, 11) is 3.54. The van der Waals surface area contributed by atoms with E-state index in [0.717, 1.165) is 27.6 Å². The Hall–Kier alpha value is -3.74. The molecule has 7 heteroatoms. The smallest absolute Gasteiger partial charge is 0.335 e. The fraction of sp³-hybridized carbons (Fsp3) is 0.103. The number of benzene rings is 4. The van der Waals surface area contributed by atoms with Gasteiger partial charge >= 0.3 is 5.97 Å². The third kappa shape index (κ3) is 5.73. The first-order valence-corrected chi connectivity index (χ1v) is 12.3. The van der Waals surface area contributed by atoms with Crippen molar-refractivity contribution < 1.29 is 19.4 Å². The number of halogens is 1. The third-order valence-electron chi connectivity index (χ3n) is 5.76. The van der Waals surface area contributed by atoms with Gasteiger partial charge in [0, 0.05) is 44.4 Å². The first kappa shape index (κ1) is 25.4. The van der Waals surface area contributed by atoms with E-state index in [-0.39, 0.29) is 11.3 Å². The predicted octanol–water partition coefficient (Wildman–Crippen LogP) is 7.51. The van der Waals surface area contributed by atoms with Crippen molar-refractivity contribution in [3.63, 3.8) is 0 Å². The number of methoxy groups -OCH3 is 1. The number of aryl methyl sites for hydroxylation is 1. The van der Waals surface area contributed by atoms with Gasteiger partial charge < -0.3 is 14.7 Å². The zero-order chi connectivity index (χ0) is 25.8. The van der Waals surface area contributed by atoms with E-state index in [1.807, 2.05) is 73.5 Å². The molecule has 0 atom stereocenters. The number of nitrogens with zero attached hydrogens (tertiary/aromatic N) is 1. The van der Waals surface area contributed by atoms with Crippen LogP contribution in [0.15, 0.2) is 94.7 Å². The Labute approximate surface area is 219 Å². The summed E-state index contributed by atoms with van der Waals surface area (Å²) in [5.74, 6) is -0.593. The second-order valence-corrected chi connectivity index (χ2v) is 9.78. The molecule has 0 saturated heterocycles. The Balaban J connectivity index is 1.61. The second kappa shape index (κ2) is 10.9. The van der Waals surface area contributed by atoms with Crippen LogP contribution < -0.4 is 9.64 Å². The summed E-state index contributed by atoms with van der Waals surface area (Å²) in [6.45, 7) is 1.95. The van der Waals surface area contributed by atoms with Crippen molar-refractivity contribution in [3.8, 4) is 5.75 Å². The van der Waals surface area contributed by atoms with Gasteiger partial charge in [0.1, 0.15) is 5.75 Å². The molecule has 4 rings (SSSR count). The maximum atomic E-state index is 13.3. The first-order chi connectivity index (χ1) is 17.2. The van der Waals surface area contributed by atoms with Crippen LogP contribution in [0.2, 0.25) is 5.02 Å². The van der Waals surface area contributed by atoms with Gasteiger partial charge in [0.15, 0.2) is 5.78 Å². The number of carbonyl (C=O) groups excluding carboxylic acids is 1. The van der Waals surface area contributed by atoms with Crippen LogP contribution in [0.3, 0.4) is 0 Å². The first-order valence-electron chi connectivity index (χ1n) is 11.1. The number of ether oxygens (including phenoxy) is 1. The summed E-state index contributed by atoms with van der Waals surface area (Å²) in [5, 5.41) is 10.3. The Morgan fingerprint density at radius 2 is 1.42 bits per heavy atom. The highest BCUT2D eigenvalue weighted by atomic mass is 35.5. The summed E-state index contributed by atoms with van der Waals surface area (Å²) >= 11 is 7.36. The van der Waals surface area contributed by atoms with Crippen LogP contribution >= 0.6 is 23.4 Å². The zero-order valence-corrected chi connectivity index (χ0v) is 21.6. The number of carboxylic acid groups (broad SMARTS) is 1. The lowest BCUT2D eigenvalue weighted by atomic mass is 10.0. The Kier molecular flexibility index (Phi) is 7.67.